The van der Waals surface area contributed by atoms with Crippen molar-refractivity contribution in [3.8, 4) is 11.8 Å². The van der Waals surface area contributed by atoms with Crippen LogP contribution >= 0.6 is 0 Å². The molecule has 0 heterocycles. The van der Waals surface area contributed by atoms with Gasteiger partial charge in [-0.25, -0.2) is 0 Å². The number of hydrogen-bond donors (Lipinski definition) is 1. The molecule has 102 valence electrons. The van der Waals surface area contributed by atoms with Gasteiger partial charge in [-0.1, -0.05) is 18.2 Å². The topological polar surface area (TPSA) is 45.0 Å². The molecule has 0 radical (unpaired) electrons. The number of anilines is 1. The Kier molecular flexibility index (Phi) is 4.27. The molecule has 2 rings (SSSR count). The lowest BCUT2D eigenvalue weighted by atomic mass is 10.1. The summed E-state index contributed by atoms with van der Waals surface area (Å²) < 4.78 is 5.42. The molecule has 0 spiro atoms. The van der Waals surface area contributed by atoms with Crippen LogP contribution in [0.1, 0.15) is 22.3 Å². The summed E-state index contributed by atoms with van der Waals surface area (Å²) in [6.07, 6.45) is 0. The average molecular weight is 266 g/mol. The molecule has 0 saturated heterocycles. The average Bonchev–Trinajstić information content (AvgIpc) is 2.47. The van der Waals surface area contributed by atoms with Gasteiger partial charge in [-0.2, -0.15) is 5.26 Å². The Bertz CT molecular complexity index is 639. The second-order valence-corrected chi connectivity index (χ2v) is 4.75. The molecule has 20 heavy (non-hydrogen) atoms. The van der Waals surface area contributed by atoms with Crippen molar-refractivity contribution < 1.29 is 4.74 Å². The fraction of sp³-hybridized carbons (Fsp3) is 0.235. The molecule has 2 aromatic carbocycles. The highest BCUT2D eigenvalue weighted by atomic mass is 16.5. The quantitative estimate of drug-likeness (QED) is 0.915. The molecule has 1 N–H and O–H groups in total. The van der Waals surface area contributed by atoms with Crippen LogP contribution in [0.5, 0.6) is 5.75 Å². The number of methoxy groups -OCH3 is 1. The SMILES string of the molecule is COc1c(C)ccc(NCc2ccc(C#N)cc2)c1C. The first kappa shape index (κ1) is 14.0. The van der Waals surface area contributed by atoms with Crippen LogP contribution in [0.25, 0.3) is 0 Å². The van der Waals surface area contributed by atoms with Gasteiger partial charge in [0.25, 0.3) is 0 Å². The van der Waals surface area contributed by atoms with Crippen molar-refractivity contribution in [2.24, 2.45) is 0 Å². The Morgan fingerprint density at radius 3 is 2.40 bits per heavy atom. The van der Waals surface area contributed by atoms with Gasteiger partial charge in [-0.05, 0) is 43.2 Å². The van der Waals surface area contributed by atoms with Gasteiger partial charge in [0.15, 0.2) is 0 Å². The summed E-state index contributed by atoms with van der Waals surface area (Å²) in [5, 5.41) is 12.2. The van der Waals surface area contributed by atoms with Gasteiger partial charge in [0.05, 0.1) is 18.7 Å². The highest BCUT2D eigenvalue weighted by molar-refractivity contribution is 5.59. The number of ether oxygens (including phenoxy) is 1. The summed E-state index contributed by atoms with van der Waals surface area (Å²) in [6.45, 7) is 4.81. The van der Waals surface area contributed by atoms with Crippen molar-refractivity contribution in [1.29, 1.82) is 5.26 Å². The minimum absolute atomic E-state index is 0.682. The minimum atomic E-state index is 0.682. The van der Waals surface area contributed by atoms with Crippen LogP contribution in [0.3, 0.4) is 0 Å². The van der Waals surface area contributed by atoms with Gasteiger partial charge in [0, 0.05) is 17.8 Å². The zero-order valence-corrected chi connectivity index (χ0v) is 12.0. The standard InChI is InChI=1S/C17H18N2O/c1-12-4-9-16(13(2)17(12)20-3)19-11-15-7-5-14(10-18)6-8-15/h4-9,19H,11H2,1-3H3. The van der Waals surface area contributed by atoms with E-state index in [4.69, 9.17) is 10.00 Å². The molecular weight excluding hydrogens is 248 g/mol. The third-order valence-electron chi connectivity index (χ3n) is 3.37. The maximum absolute atomic E-state index is 8.78. The van der Waals surface area contributed by atoms with E-state index in [0.29, 0.717) is 5.56 Å². The highest BCUT2D eigenvalue weighted by Gasteiger charge is 2.07. The van der Waals surface area contributed by atoms with Crippen LogP contribution in [0.2, 0.25) is 0 Å². The van der Waals surface area contributed by atoms with Crippen molar-refractivity contribution in [3.63, 3.8) is 0 Å². The lowest BCUT2D eigenvalue weighted by Gasteiger charge is -2.14. The molecule has 0 aromatic heterocycles. The first-order chi connectivity index (χ1) is 9.65. The Balaban J connectivity index is 2.13. The molecule has 0 unspecified atom stereocenters. The number of hydrogen-bond acceptors (Lipinski definition) is 3. The van der Waals surface area contributed by atoms with E-state index < -0.39 is 0 Å². The summed E-state index contributed by atoms with van der Waals surface area (Å²) in [6, 6.07) is 13.8. The Morgan fingerprint density at radius 1 is 1.10 bits per heavy atom. The van der Waals surface area contributed by atoms with Crippen molar-refractivity contribution in [2.45, 2.75) is 20.4 Å². The van der Waals surface area contributed by atoms with Crippen molar-refractivity contribution >= 4 is 5.69 Å². The van der Waals surface area contributed by atoms with Gasteiger partial charge in [0.1, 0.15) is 5.75 Å². The fourth-order valence-corrected chi connectivity index (χ4v) is 2.23. The number of benzene rings is 2. The third-order valence-corrected chi connectivity index (χ3v) is 3.37. The van der Waals surface area contributed by atoms with Gasteiger partial charge in [0.2, 0.25) is 0 Å². The van der Waals surface area contributed by atoms with E-state index in [1.54, 1.807) is 7.11 Å². The molecule has 0 fully saturated rings. The molecule has 0 aliphatic carbocycles. The summed E-state index contributed by atoms with van der Waals surface area (Å²) in [5.41, 5.74) is 5.14. The van der Waals surface area contributed by atoms with Crippen LogP contribution in [0, 0.1) is 25.2 Å². The Labute approximate surface area is 119 Å². The molecule has 2 aromatic rings. The Hall–Kier alpha value is -2.47. The number of nitrogens with one attached hydrogen (secondary N) is 1. The largest absolute Gasteiger partial charge is 0.496 e. The molecule has 0 saturated carbocycles. The van der Waals surface area contributed by atoms with Crippen LogP contribution < -0.4 is 10.1 Å². The Morgan fingerprint density at radius 2 is 1.80 bits per heavy atom. The van der Waals surface area contributed by atoms with E-state index in [-0.39, 0.29) is 0 Å². The monoisotopic (exact) mass is 266 g/mol. The molecule has 3 nitrogen and oxygen atoms in total. The van der Waals surface area contributed by atoms with Crippen LogP contribution in [-0.4, -0.2) is 7.11 Å². The number of rotatable bonds is 4. The van der Waals surface area contributed by atoms with Gasteiger partial charge in [-0.15, -0.1) is 0 Å². The van der Waals surface area contributed by atoms with E-state index in [0.717, 1.165) is 34.7 Å². The van der Waals surface area contributed by atoms with Crippen molar-refractivity contribution in [1.82, 2.24) is 0 Å². The highest BCUT2D eigenvalue weighted by Crippen LogP contribution is 2.29. The fourth-order valence-electron chi connectivity index (χ4n) is 2.23. The minimum Gasteiger partial charge on any atom is -0.496 e. The predicted molar refractivity (Wildman–Crippen MR) is 81.0 cm³/mol. The lowest BCUT2D eigenvalue weighted by molar-refractivity contribution is 0.409. The first-order valence-electron chi connectivity index (χ1n) is 6.53. The molecule has 0 bridgehead atoms. The van der Waals surface area contributed by atoms with Crippen LogP contribution in [0.4, 0.5) is 5.69 Å². The molecular formula is C17H18N2O. The molecule has 0 amide bonds. The second kappa shape index (κ2) is 6.12. The summed E-state index contributed by atoms with van der Waals surface area (Å²) >= 11 is 0. The van der Waals surface area contributed by atoms with E-state index in [9.17, 15) is 0 Å². The summed E-state index contributed by atoms with van der Waals surface area (Å²) in [5.74, 6) is 0.926. The smallest absolute Gasteiger partial charge is 0.126 e. The van der Waals surface area contributed by atoms with Crippen molar-refractivity contribution in [2.75, 3.05) is 12.4 Å². The van der Waals surface area contributed by atoms with Gasteiger partial charge < -0.3 is 10.1 Å². The van der Waals surface area contributed by atoms with Crippen molar-refractivity contribution in [3.05, 3.63) is 58.7 Å². The van der Waals surface area contributed by atoms with E-state index >= 15 is 0 Å². The molecule has 0 atom stereocenters. The zero-order chi connectivity index (χ0) is 14.5. The molecule has 0 aliphatic rings. The molecule has 0 aliphatic heterocycles. The maximum Gasteiger partial charge on any atom is 0.126 e. The normalized spacial score (nSPS) is 9.90. The number of aryl methyl sites for hydroxylation is 1. The lowest BCUT2D eigenvalue weighted by Crippen LogP contribution is -2.03. The van der Waals surface area contributed by atoms with Gasteiger partial charge >= 0.3 is 0 Å². The number of nitriles is 1. The van der Waals surface area contributed by atoms with Gasteiger partial charge in [-0.3, -0.25) is 0 Å². The maximum atomic E-state index is 8.78. The van der Waals surface area contributed by atoms with Crippen LogP contribution in [-0.2, 0) is 6.54 Å². The second-order valence-electron chi connectivity index (χ2n) is 4.75. The summed E-state index contributed by atoms with van der Waals surface area (Å²) in [4.78, 5) is 0. The zero-order valence-electron chi connectivity index (χ0n) is 12.0. The third kappa shape index (κ3) is 2.92. The summed E-state index contributed by atoms with van der Waals surface area (Å²) in [7, 11) is 1.69. The first-order valence-corrected chi connectivity index (χ1v) is 6.53. The molecule has 3 heteroatoms. The van der Waals surface area contributed by atoms with Crippen LogP contribution in [0.15, 0.2) is 36.4 Å². The van der Waals surface area contributed by atoms with E-state index in [2.05, 4.69) is 17.5 Å². The van der Waals surface area contributed by atoms with E-state index in [1.807, 2.05) is 44.2 Å². The number of nitrogens with zero attached hydrogens (tertiary/aromatic N) is 1. The predicted octanol–water partition coefficient (Wildman–Crippen LogP) is 3.80. The van der Waals surface area contributed by atoms with E-state index in [1.165, 1.54) is 0 Å².